The van der Waals surface area contributed by atoms with Gasteiger partial charge in [0.2, 0.25) is 5.91 Å². The number of nitrogens with one attached hydrogen (secondary N) is 1. The largest absolute Gasteiger partial charge is 0.756 e. The number of quaternary nitrogens is 1. The molecule has 0 saturated heterocycles. The first-order valence-electron chi connectivity index (χ1n) is 22.9. The Morgan fingerprint density at radius 2 is 1.05 bits per heavy atom. The fraction of sp³-hybridized carbons (Fsp3) is 0.694. The Kier molecular flexibility index (Phi) is 38.5. The maximum absolute atomic E-state index is 12.9. The number of phosphoric acid groups is 1. The van der Waals surface area contributed by atoms with Crippen molar-refractivity contribution in [1.82, 2.24) is 5.32 Å². The molecule has 0 spiro atoms. The van der Waals surface area contributed by atoms with Crippen molar-refractivity contribution in [3.63, 3.8) is 0 Å². The van der Waals surface area contributed by atoms with Crippen LogP contribution in [0.4, 0.5) is 0 Å². The third-order valence-electron chi connectivity index (χ3n) is 9.61. The van der Waals surface area contributed by atoms with Crippen molar-refractivity contribution < 1.29 is 32.9 Å². The van der Waals surface area contributed by atoms with E-state index < -0.39 is 26.6 Å². The first-order chi connectivity index (χ1) is 28.0. The maximum Gasteiger partial charge on any atom is 0.268 e. The first kappa shape index (κ1) is 55.7. The molecule has 0 aliphatic rings. The summed E-state index contributed by atoms with van der Waals surface area (Å²) < 4.78 is 23.2. The monoisotopic (exact) mass is 831 g/mol. The van der Waals surface area contributed by atoms with Crippen LogP contribution < -0.4 is 10.2 Å². The van der Waals surface area contributed by atoms with Crippen LogP contribution in [-0.4, -0.2) is 68.5 Å². The predicted octanol–water partition coefficient (Wildman–Crippen LogP) is 12.3. The normalized spacial score (nSPS) is 15.1. The van der Waals surface area contributed by atoms with E-state index in [1.165, 1.54) is 70.6 Å². The lowest BCUT2D eigenvalue weighted by atomic mass is 10.0. The molecule has 0 aromatic carbocycles. The molecule has 0 aromatic heterocycles. The topological polar surface area (TPSA) is 108 Å². The molecule has 0 aliphatic heterocycles. The zero-order valence-electron chi connectivity index (χ0n) is 37.7. The lowest BCUT2D eigenvalue weighted by Gasteiger charge is -2.29. The third-order valence-corrected chi connectivity index (χ3v) is 10.6. The number of unbranched alkanes of at least 4 members (excludes halogenated alkanes) is 15. The summed E-state index contributed by atoms with van der Waals surface area (Å²) in [5.41, 5.74) is 0. The average molecular weight is 831 g/mol. The van der Waals surface area contributed by atoms with Gasteiger partial charge in [-0.3, -0.25) is 9.36 Å². The zero-order valence-corrected chi connectivity index (χ0v) is 38.6. The Hall–Kier alpha value is -2.32. The van der Waals surface area contributed by atoms with Gasteiger partial charge in [-0.15, -0.1) is 0 Å². The summed E-state index contributed by atoms with van der Waals surface area (Å²) in [6, 6.07) is -0.914. The van der Waals surface area contributed by atoms with Crippen LogP contribution in [0.1, 0.15) is 168 Å². The summed E-state index contributed by atoms with van der Waals surface area (Å²) in [7, 11) is 1.22. The zero-order chi connectivity index (χ0) is 42.8. The van der Waals surface area contributed by atoms with Gasteiger partial charge in [-0.2, -0.15) is 0 Å². The quantitative estimate of drug-likeness (QED) is 0.0276. The van der Waals surface area contributed by atoms with Gasteiger partial charge in [0.05, 0.1) is 39.9 Å². The van der Waals surface area contributed by atoms with Crippen LogP contribution in [0, 0.1) is 0 Å². The summed E-state index contributed by atoms with van der Waals surface area (Å²) in [6.07, 6.45) is 54.9. The van der Waals surface area contributed by atoms with Crippen molar-refractivity contribution in [2.75, 3.05) is 40.9 Å². The fourth-order valence-corrected chi connectivity index (χ4v) is 6.70. The van der Waals surface area contributed by atoms with E-state index in [0.717, 1.165) is 70.6 Å². The summed E-state index contributed by atoms with van der Waals surface area (Å²) in [4.78, 5) is 25.3. The molecule has 3 atom stereocenters. The molecular weight excluding hydrogens is 744 g/mol. The number of phosphoric ester groups is 1. The van der Waals surface area contributed by atoms with E-state index in [-0.39, 0.29) is 18.9 Å². The van der Waals surface area contributed by atoms with Crippen LogP contribution in [0.2, 0.25) is 0 Å². The van der Waals surface area contributed by atoms with Gasteiger partial charge in [0.15, 0.2) is 0 Å². The van der Waals surface area contributed by atoms with Crippen molar-refractivity contribution in [1.29, 1.82) is 0 Å². The standard InChI is InChI=1S/C49H87N2O6P/c1-6-8-10-12-14-16-18-20-22-23-24-25-26-27-29-31-33-35-37-39-41-43-49(53)50-47(46-57-58(54,55)56-45-44-51(3,4)5)48(52)42-40-38-36-34-32-30-28-21-19-17-15-13-11-9-7-2/h8,10,14,16,20,22,24-25,27,29,33,35,40,42,47-48,52H,6-7,9,11-13,15,17-19,21,23,26,28,30-32,34,36-39,41,43-46H2,1-5H3,(H-,50,53,54,55)/b10-8-,16-14-,22-20-,25-24-,29-27-,35-33-,42-40+. The summed E-state index contributed by atoms with van der Waals surface area (Å²) in [5, 5.41) is 13.8. The highest BCUT2D eigenvalue weighted by Gasteiger charge is 2.23. The number of hydrogen-bond donors (Lipinski definition) is 2. The van der Waals surface area contributed by atoms with Gasteiger partial charge in [0.25, 0.3) is 7.82 Å². The van der Waals surface area contributed by atoms with Crippen LogP contribution in [0.5, 0.6) is 0 Å². The van der Waals surface area contributed by atoms with Gasteiger partial charge in [-0.25, -0.2) is 0 Å². The molecule has 0 heterocycles. The third kappa shape index (κ3) is 41.8. The number of aliphatic hydroxyl groups is 1. The van der Waals surface area contributed by atoms with E-state index in [2.05, 4.69) is 92.1 Å². The summed E-state index contributed by atoms with van der Waals surface area (Å²) in [5.74, 6) is -0.244. The second kappa shape index (κ2) is 40.1. The van der Waals surface area contributed by atoms with Gasteiger partial charge in [-0.1, -0.05) is 176 Å². The van der Waals surface area contributed by atoms with Gasteiger partial charge in [-0.05, 0) is 70.6 Å². The van der Waals surface area contributed by atoms with E-state index in [1.807, 2.05) is 27.2 Å². The van der Waals surface area contributed by atoms with Gasteiger partial charge < -0.3 is 28.8 Å². The summed E-state index contributed by atoms with van der Waals surface area (Å²) in [6.45, 7) is 4.48. The molecule has 9 heteroatoms. The van der Waals surface area contributed by atoms with Gasteiger partial charge >= 0.3 is 0 Å². The SMILES string of the molecule is CC/C=C\C/C=C\C/C=C\C/C=C\C/C=C\C/C=C\CCCCC(=O)NC(COP(=O)([O-])OCC[N+](C)(C)C)C(O)/C=C/CCCCCCCCCCCCCCC. The van der Waals surface area contributed by atoms with Crippen LogP contribution in [0.25, 0.3) is 0 Å². The lowest BCUT2D eigenvalue weighted by molar-refractivity contribution is -0.870. The Labute approximate surface area is 356 Å². The smallest absolute Gasteiger partial charge is 0.268 e. The number of aliphatic hydroxyl groups excluding tert-OH is 1. The number of rotatable bonds is 40. The lowest BCUT2D eigenvalue weighted by Crippen LogP contribution is -2.45. The molecular formula is C49H87N2O6P. The van der Waals surface area contributed by atoms with Crippen LogP contribution >= 0.6 is 7.82 Å². The molecule has 0 saturated carbocycles. The van der Waals surface area contributed by atoms with Crippen molar-refractivity contribution in [2.24, 2.45) is 0 Å². The van der Waals surface area contributed by atoms with Crippen molar-refractivity contribution in [2.45, 2.75) is 180 Å². The van der Waals surface area contributed by atoms with Crippen molar-refractivity contribution in [3.8, 4) is 0 Å². The van der Waals surface area contributed by atoms with Gasteiger partial charge in [0.1, 0.15) is 13.2 Å². The molecule has 2 N–H and O–H groups in total. The maximum atomic E-state index is 12.9. The van der Waals surface area contributed by atoms with E-state index in [0.29, 0.717) is 17.4 Å². The van der Waals surface area contributed by atoms with Gasteiger partial charge in [0, 0.05) is 6.42 Å². The molecule has 0 fully saturated rings. The van der Waals surface area contributed by atoms with E-state index in [9.17, 15) is 19.4 Å². The first-order valence-corrected chi connectivity index (χ1v) is 24.4. The minimum atomic E-state index is -4.61. The molecule has 0 aliphatic carbocycles. The summed E-state index contributed by atoms with van der Waals surface area (Å²) >= 11 is 0. The molecule has 0 rings (SSSR count). The van der Waals surface area contributed by atoms with Crippen LogP contribution in [0.3, 0.4) is 0 Å². The number of allylic oxidation sites excluding steroid dienone is 13. The molecule has 334 valence electrons. The molecule has 0 radical (unpaired) electrons. The minimum absolute atomic E-state index is 0.0142. The second-order valence-corrected chi connectivity index (χ2v) is 17.8. The molecule has 1 amide bonds. The molecule has 0 aromatic rings. The molecule has 58 heavy (non-hydrogen) atoms. The number of nitrogens with zero attached hydrogens (tertiary/aromatic N) is 1. The molecule has 8 nitrogen and oxygen atoms in total. The average Bonchev–Trinajstić information content (AvgIpc) is 3.17. The Balaban J connectivity index is 4.52. The highest BCUT2D eigenvalue weighted by atomic mass is 31.2. The minimum Gasteiger partial charge on any atom is -0.756 e. The second-order valence-electron chi connectivity index (χ2n) is 16.4. The van der Waals surface area contributed by atoms with Crippen molar-refractivity contribution >= 4 is 13.7 Å². The predicted molar refractivity (Wildman–Crippen MR) is 246 cm³/mol. The molecule has 0 bridgehead atoms. The Bertz CT molecular complexity index is 1220. The van der Waals surface area contributed by atoms with E-state index in [4.69, 9.17) is 9.05 Å². The van der Waals surface area contributed by atoms with E-state index >= 15 is 0 Å². The van der Waals surface area contributed by atoms with Crippen molar-refractivity contribution in [3.05, 3.63) is 85.1 Å². The number of carbonyl (C=O) groups excluding carboxylic acids is 1. The van der Waals surface area contributed by atoms with E-state index in [1.54, 1.807) is 6.08 Å². The fourth-order valence-electron chi connectivity index (χ4n) is 5.98. The Morgan fingerprint density at radius 1 is 0.621 bits per heavy atom. The Morgan fingerprint density at radius 3 is 1.53 bits per heavy atom. The number of likely N-dealkylation sites (N-methyl/N-ethyl adjacent to an activating group) is 1. The van der Waals surface area contributed by atoms with Crippen LogP contribution in [0.15, 0.2) is 85.1 Å². The number of carbonyl (C=O) groups is 1. The number of amides is 1. The molecule has 3 unspecified atom stereocenters. The highest BCUT2D eigenvalue weighted by Crippen LogP contribution is 2.38. The highest BCUT2D eigenvalue weighted by molar-refractivity contribution is 7.45. The van der Waals surface area contributed by atoms with Crippen LogP contribution in [-0.2, 0) is 18.4 Å². The number of hydrogen-bond acceptors (Lipinski definition) is 6.